The highest BCUT2D eigenvalue weighted by molar-refractivity contribution is 6.35. The number of rotatable bonds is 5. The molecular weight excluding hydrogens is 282 g/mol. The highest BCUT2D eigenvalue weighted by atomic mass is 35.5. The molecule has 21 heavy (non-hydrogen) atoms. The van der Waals surface area contributed by atoms with Crippen LogP contribution in [0.4, 0.5) is 0 Å². The van der Waals surface area contributed by atoms with Gasteiger partial charge in [0.05, 0.1) is 5.52 Å². The number of likely N-dealkylation sites (tertiary alicyclic amines) is 1. The maximum Gasteiger partial charge on any atom is 0.0761 e. The van der Waals surface area contributed by atoms with Gasteiger partial charge in [-0.3, -0.25) is 9.88 Å². The average Bonchev–Trinajstić information content (AvgIpc) is 3.04. The van der Waals surface area contributed by atoms with Gasteiger partial charge in [-0.1, -0.05) is 17.7 Å². The van der Waals surface area contributed by atoms with E-state index in [1.165, 1.54) is 31.5 Å². The molecule has 1 aromatic carbocycles. The number of nitrogens with one attached hydrogen (secondary N) is 1. The van der Waals surface area contributed by atoms with Crippen LogP contribution in [0, 0.1) is 0 Å². The summed E-state index contributed by atoms with van der Waals surface area (Å²) in [4.78, 5) is 7.04. The first kappa shape index (κ1) is 14.8. The van der Waals surface area contributed by atoms with Gasteiger partial charge in [-0.05, 0) is 56.6 Å². The van der Waals surface area contributed by atoms with Crippen molar-refractivity contribution in [2.75, 3.05) is 19.6 Å². The van der Waals surface area contributed by atoms with Gasteiger partial charge in [0, 0.05) is 35.7 Å². The van der Waals surface area contributed by atoms with Crippen molar-refractivity contribution in [1.82, 2.24) is 15.2 Å². The van der Waals surface area contributed by atoms with Crippen molar-refractivity contribution in [2.45, 2.75) is 32.4 Å². The minimum Gasteiger partial charge on any atom is -0.311 e. The number of fused-ring (bicyclic) bond motifs is 1. The van der Waals surface area contributed by atoms with E-state index in [1.54, 1.807) is 0 Å². The Hall–Kier alpha value is -1.16. The lowest BCUT2D eigenvalue weighted by molar-refractivity contribution is 0.252. The second kappa shape index (κ2) is 6.73. The predicted molar refractivity (Wildman–Crippen MR) is 88.7 cm³/mol. The van der Waals surface area contributed by atoms with Crippen LogP contribution >= 0.6 is 11.6 Å². The van der Waals surface area contributed by atoms with E-state index in [9.17, 15) is 0 Å². The topological polar surface area (TPSA) is 28.2 Å². The van der Waals surface area contributed by atoms with Crippen molar-refractivity contribution in [3.05, 3.63) is 41.0 Å². The number of pyridine rings is 1. The smallest absolute Gasteiger partial charge is 0.0761 e. The van der Waals surface area contributed by atoms with E-state index < -0.39 is 0 Å². The van der Waals surface area contributed by atoms with Gasteiger partial charge in [0.25, 0.3) is 0 Å². The molecule has 4 heteroatoms. The summed E-state index contributed by atoms with van der Waals surface area (Å²) >= 11 is 6.23. The predicted octanol–water partition coefficient (Wildman–Crippen LogP) is 3.46. The van der Waals surface area contributed by atoms with Crippen LogP contribution in [0.3, 0.4) is 0 Å². The van der Waals surface area contributed by atoms with Crippen molar-refractivity contribution >= 4 is 22.5 Å². The van der Waals surface area contributed by atoms with Crippen LogP contribution in [0.1, 0.15) is 25.3 Å². The summed E-state index contributed by atoms with van der Waals surface area (Å²) in [5, 5.41) is 5.37. The Morgan fingerprint density at radius 3 is 2.90 bits per heavy atom. The van der Waals surface area contributed by atoms with E-state index in [2.05, 4.69) is 28.2 Å². The zero-order chi connectivity index (χ0) is 14.7. The standard InChI is InChI=1S/C17H22ClN3/c1-13(21-9-2-3-10-21)11-19-12-14-6-7-16(18)15-5-4-8-20-17(14)15/h4-8,13,19H,2-3,9-12H2,1H3. The van der Waals surface area contributed by atoms with Crippen molar-refractivity contribution in [3.8, 4) is 0 Å². The third-order valence-corrected chi connectivity index (χ3v) is 4.65. The second-order valence-corrected chi connectivity index (χ2v) is 6.24. The molecule has 0 amide bonds. The number of hydrogen-bond acceptors (Lipinski definition) is 3. The largest absolute Gasteiger partial charge is 0.311 e. The number of aromatic nitrogens is 1. The fourth-order valence-corrected chi connectivity index (χ4v) is 3.28. The molecule has 0 aliphatic carbocycles. The number of halogens is 1. The molecule has 0 spiro atoms. The highest BCUT2D eigenvalue weighted by Gasteiger charge is 2.17. The Morgan fingerprint density at radius 2 is 2.10 bits per heavy atom. The maximum atomic E-state index is 6.23. The SMILES string of the molecule is CC(CNCc1ccc(Cl)c2cccnc12)N1CCCC1. The summed E-state index contributed by atoms with van der Waals surface area (Å²) in [5.74, 6) is 0. The minimum absolute atomic E-state index is 0.596. The maximum absolute atomic E-state index is 6.23. The Kier molecular flexibility index (Phi) is 4.73. The minimum atomic E-state index is 0.596. The Bertz CT molecular complexity index is 608. The Labute approximate surface area is 131 Å². The first-order valence-electron chi connectivity index (χ1n) is 7.72. The molecule has 1 N–H and O–H groups in total. The normalized spacial score (nSPS) is 17.4. The molecule has 3 rings (SSSR count). The third-order valence-electron chi connectivity index (χ3n) is 4.32. The van der Waals surface area contributed by atoms with Crippen LogP contribution in [-0.4, -0.2) is 35.6 Å². The number of nitrogens with zero attached hydrogens (tertiary/aromatic N) is 2. The summed E-state index contributed by atoms with van der Waals surface area (Å²) in [6, 6.07) is 8.60. The van der Waals surface area contributed by atoms with Gasteiger partial charge in [0.2, 0.25) is 0 Å². The molecule has 112 valence electrons. The molecule has 2 heterocycles. The fourth-order valence-electron chi connectivity index (χ4n) is 3.07. The van der Waals surface area contributed by atoms with E-state index in [-0.39, 0.29) is 0 Å². The molecule has 1 aromatic heterocycles. The monoisotopic (exact) mass is 303 g/mol. The van der Waals surface area contributed by atoms with E-state index in [0.717, 1.165) is 29.0 Å². The second-order valence-electron chi connectivity index (χ2n) is 5.83. The Morgan fingerprint density at radius 1 is 1.29 bits per heavy atom. The van der Waals surface area contributed by atoms with Crippen LogP contribution in [0.5, 0.6) is 0 Å². The van der Waals surface area contributed by atoms with E-state index in [1.807, 2.05) is 24.4 Å². The lowest BCUT2D eigenvalue weighted by Gasteiger charge is -2.24. The summed E-state index contributed by atoms with van der Waals surface area (Å²) in [7, 11) is 0. The summed E-state index contributed by atoms with van der Waals surface area (Å²) in [6.07, 6.45) is 4.52. The molecule has 3 nitrogen and oxygen atoms in total. The van der Waals surface area contributed by atoms with E-state index in [4.69, 9.17) is 11.6 Å². The van der Waals surface area contributed by atoms with Gasteiger partial charge >= 0.3 is 0 Å². The first-order valence-corrected chi connectivity index (χ1v) is 8.10. The zero-order valence-corrected chi connectivity index (χ0v) is 13.2. The summed E-state index contributed by atoms with van der Waals surface area (Å²) in [5.41, 5.74) is 2.22. The van der Waals surface area contributed by atoms with Gasteiger partial charge in [-0.2, -0.15) is 0 Å². The molecule has 2 aromatic rings. The lowest BCUT2D eigenvalue weighted by Crippen LogP contribution is -2.38. The quantitative estimate of drug-likeness (QED) is 0.917. The lowest BCUT2D eigenvalue weighted by atomic mass is 10.1. The highest BCUT2D eigenvalue weighted by Crippen LogP contribution is 2.24. The van der Waals surface area contributed by atoms with Crippen LogP contribution in [0.25, 0.3) is 10.9 Å². The molecule has 1 saturated heterocycles. The number of hydrogen-bond donors (Lipinski definition) is 1. The van der Waals surface area contributed by atoms with E-state index >= 15 is 0 Å². The van der Waals surface area contributed by atoms with Gasteiger partial charge in [0.15, 0.2) is 0 Å². The van der Waals surface area contributed by atoms with Crippen molar-refractivity contribution in [1.29, 1.82) is 0 Å². The van der Waals surface area contributed by atoms with Gasteiger partial charge in [-0.25, -0.2) is 0 Å². The summed E-state index contributed by atoms with van der Waals surface area (Å²) in [6.45, 7) is 6.64. The van der Waals surface area contributed by atoms with Gasteiger partial charge in [0.1, 0.15) is 0 Å². The molecule has 0 radical (unpaired) electrons. The molecule has 1 aliphatic heterocycles. The molecule has 1 unspecified atom stereocenters. The Balaban J connectivity index is 1.64. The fraction of sp³-hybridized carbons (Fsp3) is 0.471. The molecule has 0 bridgehead atoms. The van der Waals surface area contributed by atoms with Crippen molar-refractivity contribution in [2.24, 2.45) is 0 Å². The molecular formula is C17H22ClN3. The molecule has 1 aliphatic rings. The van der Waals surface area contributed by atoms with Crippen molar-refractivity contribution in [3.63, 3.8) is 0 Å². The van der Waals surface area contributed by atoms with Crippen LogP contribution in [0.15, 0.2) is 30.5 Å². The molecule has 0 saturated carbocycles. The van der Waals surface area contributed by atoms with Crippen LogP contribution in [-0.2, 0) is 6.54 Å². The van der Waals surface area contributed by atoms with E-state index in [0.29, 0.717) is 6.04 Å². The van der Waals surface area contributed by atoms with Crippen LogP contribution < -0.4 is 5.32 Å². The third kappa shape index (κ3) is 3.37. The summed E-state index contributed by atoms with van der Waals surface area (Å²) < 4.78 is 0. The number of benzene rings is 1. The van der Waals surface area contributed by atoms with Crippen molar-refractivity contribution < 1.29 is 0 Å². The van der Waals surface area contributed by atoms with Gasteiger partial charge < -0.3 is 5.32 Å². The molecule has 1 atom stereocenters. The average molecular weight is 304 g/mol. The molecule has 1 fully saturated rings. The van der Waals surface area contributed by atoms with Crippen LogP contribution in [0.2, 0.25) is 5.02 Å². The first-order chi connectivity index (χ1) is 10.3. The van der Waals surface area contributed by atoms with Gasteiger partial charge in [-0.15, -0.1) is 0 Å². The zero-order valence-electron chi connectivity index (χ0n) is 12.5.